The number of hydrogen-bond donors (Lipinski definition) is 1. The zero-order valence-electron chi connectivity index (χ0n) is 9.18. The molecule has 0 saturated carbocycles. The molecule has 0 radical (unpaired) electrons. The van der Waals surface area contributed by atoms with Crippen LogP contribution < -0.4 is 5.32 Å². The van der Waals surface area contributed by atoms with Gasteiger partial charge < -0.3 is 10.1 Å². The molecule has 1 saturated heterocycles. The fourth-order valence-corrected chi connectivity index (χ4v) is 2.17. The summed E-state index contributed by atoms with van der Waals surface area (Å²) in [5.41, 5.74) is 0. The van der Waals surface area contributed by atoms with Crippen LogP contribution in [0, 0.1) is 5.92 Å². The van der Waals surface area contributed by atoms with Gasteiger partial charge in [-0.1, -0.05) is 19.8 Å². The van der Waals surface area contributed by atoms with Crippen molar-refractivity contribution in [3.63, 3.8) is 0 Å². The Morgan fingerprint density at radius 3 is 2.77 bits per heavy atom. The molecule has 1 N–H and O–H groups in total. The molecular formula is C11H23NO. The highest BCUT2D eigenvalue weighted by molar-refractivity contribution is 4.81. The van der Waals surface area contributed by atoms with E-state index in [1.54, 1.807) is 0 Å². The maximum atomic E-state index is 5.59. The van der Waals surface area contributed by atoms with Crippen molar-refractivity contribution < 1.29 is 4.74 Å². The van der Waals surface area contributed by atoms with Crippen LogP contribution in [-0.4, -0.2) is 25.8 Å². The van der Waals surface area contributed by atoms with Gasteiger partial charge in [0.05, 0.1) is 12.7 Å². The molecule has 1 aliphatic rings. The minimum Gasteiger partial charge on any atom is -0.378 e. The van der Waals surface area contributed by atoms with Crippen LogP contribution in [0.2, 0.25) is 0 Å². The Kier molecular flexibility index (Phi) is 4.74. The summed E-state index contributed by atoms with van der Waals surface area (Å²) in [6.07, 6.45) is 5.63. The zero-order chi connectivity index (χ0) is 9.68. The molecule has 13 heavy (non-hydrogen) atoms. The first-order valence-corrected chi connectivity index (χ1v) is 5.56. The molecule has 0 aromatic heterocycles. The number of hydrogen-bond acceptors (Lipinski definition) is 2. The molecule has 0 aromatic carbocycles. The smallest absolute Gasteiger partial charge is 0.0551 e. The first-order valence-electron chi connectivity index (χ1n) is 5.56. The predicted molar refractivity (Wildman–Crippen MR) is 55.9 cm³/mol. The Labute approximate surface area is 82.0 Å². The molecule has 2 heteroatoms. The average Bonchev–Trinajstić information content (AvgIpc) is 2.54. The van der Waals surface area contributed by atoms with Crippen molar-refractivity contribution in [1.29, 1.82) is 0 Å². The minimum atomic E-state index is 0.475. The molecule has 1 aliphatic heterocycles. The Bertz CT molecular complexity index is 138. The van der Waals surface area contributed by atoms with E-state index in [1.807, 2.05) is 0 Å². The van der Waals surface area contributed by atoms with Gasteiger partial charge in [0.15, 0.2) is 0 Å². The van der Waals surface area contributed by atoms with Crippen molar-refractivity contribution in [2.45, 2.75) is 51.7 Å². The predicted octanol–water partition coefficient (Wildman–Crippen LogP) is 2.19. The second kappa shape index (κ2) is 5.61. The molecule has 0 aliphatic carbocycles. The minimum absolute atomic E-state index is 0.475. The van der Waals surface area contributed by atoms with Crippen LogP contribution in [0.3, 0.4) is 0 Å². The van der Waals surface area contributed by atoms with E-state index in [0.717, 1.165) is 12.5 Å². The summed E-state index contributed by atoms with van der Waals surface area (Å²) >= 11 is 0. The summed E-state index contributed by atoms with van der Waals surface area (Å²) < 4.78 is 5.59. The number of unbranched alkanes of at least 4 members (excludes halogenated alkanes) is 1. The van der Waals surface area contributed by atoms with Crippen molar-refractivity contribution in [1.82, 2.24) is 5.32 Å². The van der Waals surface area contributed by atoms with E-state index in [9.17, 15) is 0 Å². The Hall–Kier alpha value is -0.0800. The Morgan fingerprint density at radius 1 is 1.54 bits per heavy atom. The van der Waals surface area contributed by atoms with Gasteiger partial charge in [-0.15, -0.1) is 0 Å². The van der Waals surface area contributed by atoms with Crippen molar-refractivity contribution in [2.75, 3.05) is 13.7 Å². The van der Waals surface area contributed by atoms with Gasteiger partial charge in [0.25, 0.3) is 0 Å². The third-order valence-corrected chi connectivity index (χ3v) is 3.04. The molecule has 1 rings (SSSR count). The topological polar surface area (TPSA) is 21.3 Å². The second-order valence-electron chi connectivity index (χ2n) is 4.18. The first-order chi connectivity index (χ1) is 6.27. The standard InChI is InChI=1S/C11H23NO/c1-4-5-6-11(12-3)10-7-9(2)13-8-10/h9-12H,4-8H2,1-3H3. The lowest BCUT2D eigenvalue weighted by atomic mass is 9.93. The summed E-state index contributed by atoms with van der Waals surface area (Å²) in [7, 11) is 2.07. The van der Waals surface area contributed by atoms with Gasteiger partial charge in [-0.25, -0.2) is 0 Å². The van der Waals surface area contributed by atoms with Crippen LogP contribution in [-0.2, 0) is 4.74 Å². The highest BCUT2D eigenvalue weighted by Gasteiger charge is 2.27. The van der Waals surface area contributed by atoms with Crippen LogP contribution >= 0.6 is 0 Å². The number of nitrogens with one attached hydrogen (secondary N) is 1. The lowest BCUT2D eigenvalue weighted by Crippen LogP contribution is -2.33. The molecule has 0 aromatic rings. The molecular weight excluding hydrogens is 162 g/mol. The van der Waals surface area contributed by atoms with Crippen LogP contribution in [0.25, 0.3) is 0 Å². The molecule has 3 atom stereocenters. The van der Waals surface area contributed by atoms with Crippen LogP contribution in [0.1, 0.15) is 39.5 Å². The molecule has 1 fully saturated rings. The molecule has 78 valence electrons. The summed E-state index contributed by atoms with van der Waals surface area (Å²) in [5, 5.41) is 3.42. The molecule has 0 spiro atoms. The summed E-state index contributed by atoms with van der Waals surface area (Å²) in [4.78, 5) is 0. The molecule has 2 nitrogen and oxygen atoms in total. The second-order valence-corrected chi connectivity index (χ2v) is 4.18. The van der Waals surface area contributed by atoms with E-state index in [2.05, 4.69) is 26.2 Å². The quantitative estimate of drug-likeness (QED) is 0.709. The first kappa shape index (κ1) is 11.0. The van der Waals surface area contributed by atoms with E-state index < -0.39 is 0 Å². The third kappa shape index (κ3) is 3.28. The van der Waals surface area contributed by atoms with Crippen LogP contribution in [0.15, 0.2) is 0 Å². The van der Waals surface area contributed by atoms with Gasteiger partial charge >= 0.3 is 0 Å². The maximum absolute atomic E-state index is 5.59. The summed E-state index contributed by atoms with van der Waals surface area (Å²) in [6.45, 7) is 5.38. The van der Waals surface area contributed by atoms with E-state index in [-0.39, 0.29) is 0 Å². The van der Waals surface area contributed by atoms with E-state index >= 15 is 0 Å². The number of rotatable bonds is 5. The Balaban J connectivity index is 2.29. The van der Waals surface area contributed by atoms with Gasteiger partial charge in [-0.05, 0) is 26.8 Å². The van der Waals surface area contributed by atoms with Crippen molar-refractivity contribution in [3.05, 3.63) is 0 Å². The molecule has 3 unspecified atom stereocenters. The lowest BCUT2D eigenvalue weighted by molar-refractivity contribution is 0.116. The highest BCUT2D eigenvalue weighted by atomic mass is 16.5. The molecule has 0 bridgehead atoms. The molecule has 0 amide bonds. The van der Waals surface area contributed by atoms with Crippen molar-refractivity contribution in [2.24, 2.45) is 5.92 Å². The van der Waals surface area contributed by atoms with Crippen molar-refractivity contribution >= 4 is 0 Å². The van der Waals surface area contributed by atoms with Gasteiger partial charge in [0, 0.05) is 12.0 Å². The SMILES string of the molecule is CCCCC(NC)C1COC(C)C1. The van der Waals surface area contributed by atoms with Gasteiger partial charge in [0.1, 0.15) is 0 Å². The van der Waals surface area contributed by atoms with Gasteiger partial charge in [0.2, 0.25) is 0 Å². The molecule has 1 heterocycles. The highest BCUT2D eigenvalue weighted by Crippen LogP contribution is 2.24. The summed E-state index contributed by atoms with van der Waals surface area (Å²) in [5.74, 6) is 0.742. The van der Waals surface area contributed by atoms with E-state index in [1.165, 1.54) is 25.7 Å². The average molecular weight is 185 g/mol. The van der Waals surface area contributed by atoms with Crippen molar-refractivity contribution in [3.8, 4) is 0 Å². The monoisotopic (exact) mass is 185 g/mol. The zero-order valence-corrected chi connectivity index (χ0v) is 9.18. The van der Waals surface area contributed by atoms with Gasteiger partial charge in [-0.2, -0.15) is 0 Å². The maximum Gasteiger partial charge on any atom is 0.0551 e. The fraction of sp³-hybridized carbons (Fsp3) is 1.00. The van der Waals surface area contributed by atoms with Crippen LogP contribution in [0.4, 0.5) is 0 Å². The summed E-state index contributed by atoms with van der Waals surface area (Å²) in [6, 6.07) is 0.671. The van der Waals surface area contributed by atoms with Gasteiger partial charge in [-0.3, -0.25) is 0 Å². The Morgan fingerprint density at radius 2 is 2.31 bits per heavy atom. The fourth-order valence-electron chi connectivity index (χ4n) is 2.17. The third-order valence-electron chi connectivity index (χ3n) is 3.04. The van der Waals surface area contributed by atoms with E-state index in [0.29, 0.717) is 12.1 Å². The largest absolute Gasteiger partial charge is 0.378 e. The van der Waals surface area contributed by atoms with Crippen LogP contribution in [0.5, 0.6) is 0 Å². The normalized spacial score (nSPS) is 30.7. The van der Waals surface area contributed by atoms with E-state index in [4.69, 9.17) is 4.74 Å². The lowest BCUT2D eigenvalue weighted by Gasteiger charge is -2.21. The number of ether oxygens (including phenoxy) is 1.